The van der Waals surface area contributed by atoms with Gasteiger partial charge in [-0.1, -0.05) is 15.9 Å². The summed E-state index contributed by atoms with van der Waals surface area (Å²) in [7, 11) is 0. The van der Waals surface area contributed by atoms with E-state index in [-0.39, 0.29) is 25.4 Å². The minimum Gasteiger partial charge on any atom is -0.312 e. The molecule has 1 atom stereocenters. The number of rotatable bonds is 3. The standard InChI is InChI=1S/C15H15BrN4O4/c1-8-4-10(2-3-11(8)16)19-6-9(5-13(19)22)14(23)18-20-7-12(21)17-15(20)24/h2-4,9H,5-7H2,1H3,(H,18,23)(H,17,21,24)/t9-/m1/s1. The molecule has 5 amide bonds. The van der Waals surface area contributed by atoms with Crippen LogP contribution in [-0.4, -0.2) is 41.9 Å². The Labute approximate surface area is 146 Å². The summed E-state index contributed by atoms with van der Waals surface area (Å²) in [6.45, 7) is 1.93. The molecule has 8 nitrogen and oxygen atoms in total. The predicted octanol–water partition coefficient (Wildman–Crippen LogP) is 0.693. The average Bonchev–Trinajstić information content (AvgIpc) is 3.05. The number of urea groups is 1. The Morgan fingerprint density at radius 3 is 2.71 bits per heavy atom. The van der Waals surface area contributed by atoms with Gasteiger partial charge in [-0.3, -0.25) is 25.1 Å². The molecule has 0 spiro atoms. The van der Waals surface area contributed by atoms with Crippen LogP contribution in [0, 0.1) is 12.8 Å². The van der Waals surface area contributed by atoms with Gasteiger partial charge in [0.05, 0.1) is 5.92 Å². The summed E-state index contributed by atoms with van der Waals surface area (Å²) in [5.41, 5.74) is 4.10. The molecule has 2 aliphatic heterocycles. The van der Waals surface area contributed by atoms with Crippen molar-refractivity contribution in [3.05, 3.63) is 28.2 Å². The predicted molar refractivity (Wildman–Crippen MR) is 87.7 cm³/mol. The third kappa shape index (κ3) is 3.12. The largest absolute Gasteiger partial charge is 0.343 e. The average molecular weight is 395 g/mol. The number of nitrogens with one attached hydrogen (secondary N) is 2. The third-order valence-electron chi connectivity index (χ3n) is 3.99. The first-order valence-electron chi connectivity index (χ1n) is 7.33. The van der Waals surface area contributed by atoms with Crippen molar-refractivity contribution in [1.29, 1.82) is 0 Å². The molecule has 24 heavy (non-hydrogen) atoms. The van der Waals surface area contributed by atoms with Crippen LogP contribution in [0.4, 0.5) is 10.5 Å². The molecule has 0 bridgehead atoms. The molecule has 3 rings (SSSR count). The molecule has 2 saturated heterocycles. The molecule has 1 aromatic carbocycles. The molecular formula is C15H15BrN4O4. The zero-order chi connectivity index (χ0) is 17.4. The van der Waals surface area contributed by atoms with Crippen LogP contribution in [-0.2, 0) is 14.4 Å². The van der Waals surface area contributed by atoms with Crippen molar-refractivity contribution in [2.24, 2.45) is 5.92 Å². The highest BCUT2D eigenvalue weighted by atomic mass is 79.9. The van der Waals surface area contributed by atoms with E-state index >= 15 is 0 Å². The van der Waals surface area contributed by atoms with Gasteiger partial charge >= 0.3 is 6.03 Å². The molecule has 1 aromatic rings. The van der Waals surface area contributed by atoms with Gasteiger partial charge in [0.15, 0.2) is 0 Å². The second-order valence-electron chi connectivity index (χ2n) is 5.75. The van der Waals surface area contributed by atoms with Crippen molar-refractivity contribution >= 4 is 45.4 Å². The fourth-order valence-electron chi connectivity index (χ4n) is 2.69. The highest BCUT2D eigenvalue weighted by Gasteiger charge is 2.37. The summed E-state index contributed by atoms with van der Waals surface area (Å²) < 4.78 is 0.942. The Kier molecular flexibility index (Phi) is 4.27. The molecule has 0 saturated carbocycles. The molecule has 9 heteroatoms. The highest BCUT2D eigenvalue weighted by Crippen LogP contribution is 2.28. The van der Waals surface area contributed by atoms with Crippen molar-refractivity contribution in [3.63, 3.8) is 0 Å². The summed E-state index contributed by atoms with van der Waals surface area (Å²) in [5, 5.41) is 2.99. The Bertz CT molecular complexity index is 751. The lowest BCUT2D eigenvalue weighted by atomic mass is 10.1. The second-order valence-corrected chi connectivity index (χ2v) is 6.61. The maximum atomic E-state index is 12.3. The van der Waals surface area contributed by atoms with E-state index in [9.17, 15) is 19.2 Å². The van der Waals surface area contributed by atoms with Crippen LogP contribution in [0.2, 0.25) is 0 Å². The minimum atomic E-state index is -0.668. The van der Waals surface area contributed by atoms with Crippen molar-refractivity contribution in [3.8, 4) is 0 Å². The number of hydrogen-bond donors (Lipinski definition) is 2. The summed E-state index contributed by atoms with van der Waals surface area (Å²) in [4.78, 5) is 48.6. The van der Waals surface area contributed by atoms with Gasteiger partial charge in [0.2, 0.25) is 17.7 Å². The van der Waals surface area contributed by atoms with Crippen LogP contribution in [0.3, 0.4) is 0 Å². The number of carbonyl (C=O) groups is 4. The lowest BCUT2D eigenvalue weighted by Gasteiger charge is -2.19. The van der Waals surface area contributed by atoms with Crippen LogP contribution in [0.5, 0.6) is 0 Å². The maximum Gasteiger partial charge on any atom is 0.343 e. The molecule has 2 aliphatic rings. The molecule has 2 fully saturated rings. The first kappa shape index (κ1) is 16.4. The number of anilines is 1. The zero-order valence-electron chi connectivity index (χ0n) is 12.8. The van der Waals surface area contributed by atoms with E-state index in [2.05, 4.69) is 26.7 Å². The molecule has 2 N–H and O–H groups in total. The van der Waals surface area contributed by atoms with E-state index in [4.69, 9.17) is 0 Å². The second kappa shape index (κ2) is 6.23. The lowest BCUT2D eigenvalue weighted by Crippen LogP contribution is -2.47. The number of benzene rings is 1. The van der Waals surface area contributed by atoms with Crippen LogP contribution in [0.1, 0.15) is 12.0 Å². The summed E-state index contributed by atoms with van der Waals surface area (Å²) in [6.07, 6.45) is 0.0599. The maximum absolute atomic E-state index is 12.3. The van der Waals surface area contributed by atoms with Gasteiger partial charge < -0.3 is 4.90 Å². The smallest absolute Gasteiger partial charge is 0.312 e. The van der Waals surface area contributed by atoms with E-state index in [0.717, 1.165) is 20.7 Å². The SMILES string of the molecule is Cc1cc(N2C[C@H](C(=O)NN3CC(=O)NC3=O)CC2=O)ccc1Br. The molecule has 2 heterocycles. The van der Waals surface area contributed by atoms with E-state index in [1.54, 1.807) is 4.90 Å². The number of imide groups is 1. The van der Waals surface area contributed by atoms with E-state index < -0.39 is 23.8 Å². The Morgan fingerprint density at radius 2 is 2.08 bits per heavy atom. The molecule has 0 radical (unpaired) electrons. The van der Waals surface area contributed by atoms with Crippen molar-refractivity contribution in [2.75, 3.05) is 18.0 Å². The fourth-order valence-corrected chi connectivity index (χ4v) is 2.93. The summed E-state index contributed by atoms with van der Waals surface area (Å²) in [6, 6.07) is 4.86. The first-order chi connectivity index (χ1) is 11.3. The van der Waals surface area contributed by atoms with Crippen LogP contribution >= 0.6 is 15.9 Å². The summed E-state index contributed by atoms with van der Waals surface area (Å²) >= 11 is 3.41. The van der Waals surface area contributed by atoms with Gasteiger partial charge in [0.25, 0.3) is 0 Å². The number of nitrogens with zero attached hydrogens (tertiary/aromatic N) is 2. The Balaban J connectivity index is 1.67. The van der Waals surface area contributed by atoms with Gasteiger partial charge in [-0.05, 0) is 30.7 Å². The Hall–Kier alpha value is -2.42. The Morgan fingerprint density at radius 1 is 1.33 bits per heavy atom. The number of carbonyl (C=O) groups excluding carboxylic acids is 4. The molecular weight excluding hydrogens is 380 g/mol. The zero-order valence-corrected chi connectivity index (χ0v) is 14.4. The quantitative estimate of drug-likeness (QED) is 0.736. The fraction of sp³-hybridized carbons (Fsp3) is 0.333. The lowest BCUT2D eigenvalue weighted by molar-refractivity contribution is -0.129. The van der Waals surface area contributed by atoms with Gasteiger partial charge in [-0.15, -0.1) is 0 Å². The van der Waals surface area contributed by atoms with E-state index in [1.165, 1.54) is 0 Å². The first-order valence-corrected chi connectivity index (χ1v) is 8.13. The number of hydrogen-bond acceptors (Lipinski definition) is 4. The van der Waals surface area contributed by atoms with Crippen molar-refractivity contribution < 1.29 is 19.2 Å². The summed E-state index contributed by atoms with van der Waals surface area (Å²) in [5.74, 6) is -1.66. The normalized spacial score (nSPS) is 20.6. The molecule has 0 aromatic heterocycles. The van der Waals surface area contributed by atoms with Crippen LogP contribution in [0.15, 0.2) is 22.7 Å². The number of aryl methyl sites for hydroxylation is 1. The van der Waals surface area contributed by atoms with Gasteiger partial charge in [-0.25, -0.2) is 9.80 Å². The highest BCUT2D eigenvalue weighted by molar-refractivity contribution is 9.10. The van der Waals surface area contributed by atoms with Gasteiger partial charge in [0, 0.05) is 23.1 Å². The number of halogens is 1. The molecule has 0 unspecified atom stereocenters. The van der Waals surface area contributed by atoms with Crippen molar-refractivity contribution in [1.82, 2.24) is 15.8 Å². The minimum absolute atomic E-state index is 0.0599. The topological polar surface area (TPSA) is 98.8 Å². The number of hydrazine groups is 1. The monoisotopic (exact) mass is 394 g/mol. The van der Waals surface area contributed by atoms with Gasteiger partial charge in [-0.2, -0.15) is 0 Å². The number of amides is 5. The van der Waals surface area contributed by atoms with E-state index in [1.807, 2.05) is 25.1 Å². The van der Waals surface area contributed by atoms with Gasteiger partial charge in [0.1, 0.15) is 6.54 Å². The van der Waals surface area contributed by atoms with Crippen LogP contribution < -0.4 is 15.6 Å². The van der Waals surface area contributed by atoms with Crippen molar-refractivity contribution in [2.45, 2.75) is 13.3 Å². The third-order valence-corrected chi connectivity index (χ3v) is 4.88. The molecule has 126 valence electrons. The molecule has 0 aliphatic carbocycles. The van der Waals surface area contributed by atoms with Crippen LogP contribution in [0.25, 0.3) is 0 Å². The van der Waals surface area contributed by atoms with E-state index in [0.29, 0.717) is 0 Å².